The number of hydrogen-bond acceptors (Lipinski definition) is 9. The van der Waals surface area contributed by atoms with Crippen molar-refractivity contribution in [2.24, 2.45) is 17.8 Å². The molecule has 1 saturated carbocycles. The minimum Gasteiger partial charge on any atom is -0.496 e. The van der Waals surface area contributed by atoms with Crippen LogP contribution in [0.3, 0.4) is 0 Å². The fourth-order valence-corrected chi connectivity index (χ4v) is 6.67. The highest BCUT2D eigenvalue weighted by molar-refractivity contribution is 6.02. The lowest BCUT2D eigenvalue weighted by molar-refractivity contribution is -0.136. The number of nitrogens with zero attached hydrogens (tertiary/aromatic N) is 1. The molecule has 2 aliphatic heterocycles. The molecule has 2 saturated heterocycles. The lowest BCUT2D eigenvalue weighted by atomic mass is 9.92. The Morgan fingerprint density at radius 3 is 2.68 bits per heavy atom. The van der Waals surface area contributed by atoms with Crippen molar-refractivity contribution in [2.45, 2.75) is 64.1 Å². The van der Waals surface area contributed by atoms with E-state index in [0.29, 0.717) is 31.0 Å². The van der Waals surface area contributed by atoms with Crippen molar-refractivity contribution < 1.29 is 42.9 Å². The van der Waals surface area contributed by atoms with Crippen LogP contribution in [-0.4, -0.2) is 91.3 Å². The summed E-state index contributed by atoms with van der Waals surface area (Å²) in [7, 11) is 1.57. The normalized spacial score (nSPS) is 23.4. The number of benzene rings is 1. The van der Waals surface area contributed by atoms with Gasteiger partial charge in [-0.1, -0.05) is 12.5 Å². The average molecular weight is 613 g/mol. The molecule has 3 heterocycles. The van der Waals surface area contributed by atoms with Crippen LogP contribution in [0, 0.1) is 17.8 Å². The van der Waals surface area contributed by atoms with Crippen LogP contribution >= 0.6 is 0 Å². The molecular weight excluding hydrogens is 572 g/mol. The molecule has 0 radical (unpaired) electrons. The Kier molecular flexibility index (Phi) is 9.72. The van der Waals surface area contributed by atoms with Gasteiger partial charge >= 0.3 is 6.16 Å². The van der Waals surface area contributed by atoms with E-state index in [1.165, 1.54) is 0 Å². The lowest BCUT2D eigenvalue weighted by Crippen LogP contribution is -2.53. The molecule has 0 bridgehead atoms. The number of H-pyrrole nitrogens is 1. The molecule has 1 aromatic heterocycles. The molecule has 5 atom stereocenters. The Hall–Kier alpha value is -4.13. The maximum atomic E-state index is 14.0. The van der Waals surface area contributed by atoms with Gasteiger partial charge in [-0.05, 0) is 69.6 Å². The van der Waals surface area contributed by atoms with E-state index >= 15 is 0 Å². The standard InChI is InChI=1S/C31H40N4O9/c1-17(2)44-31(40)43-16-42-15-25(36)23(12-18-10-11-32-28(18)37)34-29(38)27-20-7-4-6-19(20)14-35(27)30(39)24-13-21-22(33-24)8-5-9-26(21)41-3/h5,8-9,13,17-20,23,27,33H,4,6-7,10-12,14-16H2,1-3H3,(H,32,37)(H,34,38). The zero-order valence-corrected chi connectivity index (χ0v) is 25.3. The highest BCUT2D eigenvalue weighted by Crippen LogP contribution is 2.43. The number of ether oxygens (including phenoxy) is 4. The van der Waals surface area contributed by atoms with E-state index in [9.17, 15) is 24.0 Å². The molecule has 5 rings (SSSR count). The third-order valence-electron chi connectivity index (χ3n) is 8.72. The summed E-state index contributed by atoms with van der Waals surface area (Å²) in [5.41, 5.74) is 1.09. The molecule has 1 aromatic carbocycles. The van der Waals surface area contributed by atoms with Gasteiger partial charge in [-0.15, -0.1) is 0 Å². The van der Waals surface area contributed by atoms with Crippen LogP contribution < -0.4 is 15.4 Å². The Morgan fingerprint density at radius 1 is 1.14 bits per heavy atom. The SMILES string of the molecule is COc1cccc2[nH]c(C(=O)N3CC4CCCC4C3C(=O)NC(CC3CCNC3=O)C(=O)COCOC(=O)OC(C)C)cc12. The molecule has 238 valence electrons. The molecular formula is C31H40N4O9. The number of ketones is 1. The summed E-state index contributed by atoms with van der Waals surface area (Å²) in [6, 6.07) is 5.43. The summed E-state index contributed by atoms with van der Waals surface area (Å²) in [4.78, 5) is 69.9. The van der Waals surface area contributed by atoms with E-state index in [4.69, 9.17) is 18.9 Å². The smallest absolute Gasteiger partial charge is 0.496 e. The summed E-state index contributed by atoms with van der Waals surface area (Å²) >= 11 is 0. The molecule has 13 heteroatoms. The first-order valence-corrected chi connectivity index (χ1v) is 15.1. The van der Waals surface area contributed by atoms with Crippen LogP contribution in [0.5, 0.6) is 5.75 Å². The summed E-state index contributed by atoms with van der Waals surface area (Å²) in [6.45, 7) is 3.30. The van der Waals surface area contributed by atoms with Gasteiger partial charge in [0.25, 0.3) is 5.91 Å². The second-order valence-corrected chi connectivity index (χ2v) is 11.9. The zero-order valence-electron chi connectivity index (χ0n) is 25.3. The van der Waals surface area contributed by atoms with Gasteiger partial charge in [0, 0.05) is 29.9 Å². The van der Waals surface area contributed by atoms with E-state index in [1.54, 1.807) is 31.9 Å². The summed E-state index contributed by atoms with van der Waals surface area (Å²) in [6.07, 6.45) is 1.99. The fourth-order valence-electron chi connectivity index (χ4n) is 6.67. The van der Waals surface area contributed by atoms with E-state index in [1.807, 2.05) is 18.2 Å². The number of likely N-dealkylation sites (tertiary alicyclic amines) is 1. The largest absolute Gasteiger partial charge is 0.510 e. The topological polar surface area (TPSA) is 165 Å². The van der Waals surface area contributed by atoms with Gasteiger partial charge in [0.2, 0.25) is 11.8 Å². The third-order valence-corrected chi connectivity index (χ3v) is 8.72. The lowest BCUT2D eigenvalue weighted by Gasteiger charge is -2.29. The number of aromatic nitrogens is 1. The first kappa shape index (κ1) is 31.3. The Labute approximate surface area is 255 Å². The van der Waals surface area contributed by atoms with Crippen LogP contribution in [0.25, 0.3) is 10.9 Å². The fraction of sp³-hybridized carbons (Fsp3) is 0.581. The van der Waals surface area contributed by atoms with E-state index < -0.39 is 49.2 Å². The van der Waals surface area contributed by atoms with Gasteiger partial charge in [0.15, 0.2) is 12.6 Å². The molecule has 1 aliphatic carbocycles. The minimum atomic E-state index is -1.03. The molecule has 5 unspecified atom stereocenters. The van der Waals surface area contributed by atoms with Gasteiger partial charge < -0.3 is 39.5 Å². The molecule has 0 spiro atoms. The molecule has 13 nitrogen and oxygen atoms in total. The Bertz CT molecular complexity index is 1410. The van der Waals surface area contributed by atoms with E-state index in [-0.39, 0.29) is 36.2 Å². The van der Waals surface area contributed by atoms with Gasteiger partial charge in [-0.25, -0.2) is 4.79 Å². The molecule has 3 amide bonds. The number of amides is 3. The van der Waals surface area contributed by atoms with Crippen LogP contribution in [0.1, 0.15) is 56.4 Å². The van der Waals surface area contributed by atoms with Crippen LogP contribution in [0.4, 0.5) is 4.79 Å². The maximum Gasteiger partial charge on any atom is 0.510 e. The zero-order chi connectivity index (χ0) is 31.4. The summed E-state index contributed by atoms with van der Waals surface area (Å²) in [5, 5.41) is 6.40. The summed E-state index contributed by atoms with van der Waals surface area (Å²) in [5.74, 6) is -1.08. The number of carbonyl (C=O) groups is 5. The first-order chi connectivity index (χ1) is 21.2. The molecule has 3 N–H and O–H groups in total. The second-order valence-electron chi connectivity index (χ2n) is 11.9. The minimum absolute atomic E-state index is 0.0417. The van der Waals surface area contributed by atoms with E-state index in [0.717, 1.165) is 30.2 Å². The second kappa shape index (κ2) is 13.7. The highest BCUT2D eigenvalue weighted by atomic mass is 16.8. The Morgan fingerprint density at radius 2 is 1.95 bits per heavy atom. The number of fused-ring (bicyclic) bond motifs is 2. The van der Waals surface area contributed by atoms with Gasteiger partial charge in [-0.3, -0.25) is 19.2 Å². The van der Waals surface area contributed by atoms with Crippen molar-refractivity contribution in [2.75, 3.05) is 33.6 Å². The van der Waals surface area contributed by atoms with Crippen molar-refractivity contribution in [3.8, 4) is 5.75 Å². The van der Waals surface area contributed by atoms with Crippen molar-refractivity contribution in [1.29, 1.82) is 0 Å². The highest BCUT2D eigenvalue weighted by Gasteiger charge is 2.50. The molecule has 3 aliphatic rings. The van der Waals surface area contributed by atoms with E-state index in [2.05, 4.69) is 15.6 Å². The predicted molar refractivity (Wildman–Crippen MR) is 157 cm³/mol. The number of carbonyl (C=O) groups excluding carboxylic acids is 5. The van der Waals surface area contributed by atoms with Crippen LogP contribution in [-0.2, 0) is 28.6 Å². The number of nitrogens with one attached hydrogen (secondary N) is 3. The predicted octanol–water partition coefficient (Wildman–Crippen LogP) is 2.53. The Balaban J connectivity index is 1.31. The average Bonchev–Trinajstić information content (AvgIpc) is 3.78. The quantitative estimate of drug-likeness (QED) is 0.186. The number of Topliss-reactive ketones (excluding diaryl/α,β-unsaturated/α-hetero) is 1. The number of hydrogen-bond donors (Lipinski definition) is 3. The monoisotopic (exact) mass is 612 g/mol. The van der Waals surface area contributed by atoms with Crippen molar-refractivity contribution in [3.63, 3.8) is 0 Å². The first-order valence-electron chi connectivity index (χ1n) is 15.1. The van der Waals surface area contributed by atoms with Gasteiger partial charge in [-0.2, -0.15) is 0 Å². The van der Waals surface area contributed by atoms with Gasteiger partial charge in [0.1, 0.15) is 24.1 Å². The van der Waals surface area contributed by atoms with Crippen molar-refractivity contribution >= 4 is 40.6 Å². The van der Waals surface area contributed by atoms with Crippen molar-refractivity contribution in [3.05, 3.63) is 30.0 Å². The van der Waals surface area contributed by atoms with Crippen LogP contribution in [0.15, 0.2) is 24.3 Å². The van der Waals surface area contributed by atoms with Crippen molar-refractivity contribution in [1.82, 2.24) is 20.5 Å². The van der Waals surface area contributed by atoms with Crippen LogP contribution in [0.2, 0.25) is 0 Å². The number of aromatic amines is 1. The number of rotatable bonds is 12. The van der Waals surface area contributed by atoms with Gasteiger partial charge in [0.05, 0.1) is 19.3 Å². The molecule has 44 heavy (non-hydrogen) atoms. The maximum absolute atomic E-state index is 14.0. The molecule has 3 fully saturated rings. The third kappa shape index (κ3) is 6.82. The summed E-state index contributed by atoms with van der Waals surface area (Å²) < 4.78 is 20.4. The number of methoxy groups -OCH3 is 1. The molecule has 2 aromatic rings.